The fourth-order valence-corrected chi connectivity index (χ4v) is 4.89. The number of ether oxygens (including phenoxy) is 1. The molecule has 1 fully saturated rings. The first-order chi connectivity index (χ1) is 20.6. The monoisotopic (exact) mass is 605 g/mol. The number of hydrogen-bond donors (Lipinski definition) is 3. The van der Waals surface area contributed by atoms with Crippen LogP contribution in [0.5, 0.6) is 5.75 Å². The highest BCUT2D eigenvalue weighted by Crippen LogP contribution is 2.31. The molecule has 0 bridgehead atoms. The molecule has 0 amide bonds. The molecule has 4 rings (SSSR count). The molecular weight excluding hydrogens is 569 g/mol. The number of aliphatic imine (C=N–C) groups is 2. The normalized spacial score (nSPS) is 14.4. The van der Waals surface area contributed by atoms with E-state index >= 15 is 0 Å². The standard InChI is InChI=1S/C32H37ClFN7O2/c1-21(2)14-25-16-28(38-29-17-26(15-27(33)19-29)23-6-5-7-30(42)18-23)9-8-24(25)20-37-41(35)32(36-4)39-31(22(3)34)40-10-12-43-13-11-40/h5-9,15-21,38,42H,3,10-14,35H2,1-2,4H3/b36-32?,37-20+,39-31+. The van der Waals surface area contributed by atoms with E-state index in [1.54, 1.807) is 29.3 Å². The van der Waals surface area contributed by atoms with Gasteiger partial charge in [-0.25, -0.2) is 10.2 Å². The number of rotatable bonds is 8. The van der Waals surface area contributed by atoms with Crippen molar-refractivity contribution in [2.24, 2.45) is 26.8 Å². The maximum atomic E-state index is 14.3. The number of phenolic OH excluding ortho intramolecular Hbond substituents is 1. The molecule has 1 heterocycles. The number of anilines is 2. The second kappa shape index (κ2) is 14.8. The summed E-state index contributed by atoms with van der Waals surface area (Å²) >= 11 is 6.44. The number of benzene rings is 3. The summed E-state index contributed by atoms with van der Waals surface area (Å²) in [7, 11) is 1.51. The van der Waals surface area contributed by atoms with Gasteiger partial charge in [0.2, 0.25) is 0 Å². The lowest BCUT2D eigenvalue weighted by molar-refractivity contribution is 0.0677. The second-order valence-corrected chi connectivity index (χ2v) is 10.9. The largest absolute Gasteiger partial charge is 0.508 e. The topological polar surface area (TPSA) is 111 Å². The van der Waals surface area contributed by atoms with E-state index in [1.807, 2.05) is 36.4 Å². The van der Waals surface area contributed by atoms with Gasteiger partial charge in [-0.2, -0.15) is 15.2 Å². The lowest BCUT2D eigenvalue weighted by Crippen LogP contribution is -2.42. The van der Waals surface area contributed by atoms with Gasteiger partial charge in [0, 0.05) is 36.5 Å². The van der Waals surface area contributed by atoms with Crippen molar-refractivity contribution in [3.63, 3.8) is 0 Å². The minimum Gasteiger partial charge on any atom is -0.508 e. The third kappa shape index (κ3) is 8.87. The Balaban J connectivity index is 1.56. The molecule has 9 nitrogen and oxygen atoms in total. The predicted molar refractivity (Wildman–Crippen MR) is 174 cm³/mol. The minimum atomic E-state index is -0.684. The average molecular weight is 606 g/mol. The summed E-state index contributed by atoms with van der Waals surface area (Å²) in [6.45, 7) is 9.61. The SMILES string of the molecule is C=C(F)/C(=N\C(=NC)N(N)/N=C/c1ccc(Nc2cc(Cl)cc(-c3cccc(O)c3)c2)cc1CC(C)C)N1CCOCC1. The molecule has 1 aliphatic heterocycles. The summed E-state index contributed by atoms with van der Waals surface area (Å²) in [5, 5.41) is 19.3. The summed E-state index contributed by atoms with van der Waals surface area (Å²) in [5.74, 6) is 6.15. The van der Waals surface area contributed by atoms with E-state index < -0.39 is 5.83 Å². The molecule has 0 aliphatic carbocycles. The summed E-state index contributed by atoms with van der Waals surface area (Å²) in [5.41, 5.74) is 5.34. The van der Waals surface area contributed by atoms with Gasteiger partial charge in [0.25, 0.3) is 5.96 Å². The molecule has 0 atom stereocenters. The smallest absolute Gasteiger partial charge is 0.258 e. The van der Waals surface area contributed by atoms with Crippen LogP contribution in [0.25, 0.3) is 11.1 Å². The number of guanidine groups is 1. The van der Waals surface area contributed by atoms with Gasteiger partial charge in [-0.3, -0.25) is 4.99 Å². The summed E-state index contributed by atoms with van der Waals surface area (Å²) in [6.07, 6.45) is 2.43. The van der Waals surface area contributed by atoms with E-state index in [0.717, 1.165) is 45.2 Å². The maximum Gasteiger partial charge on any atom is 0.258 e. The van der Waals surface area contributed by atoms with Crippen molar-refractivity contribution in [1.82, 2.24) is 10.0 Å². The minimum absolute atomic E-state index is 0.0312. The molecule has 0 spiro atoms. The van der Waals surface area contributed by atoms with Crippen molar-refractivity contribution in [3.8, 4) is 16.9 Å². The van der Waals surface area contributed by atoms with Gasteiger partial charge in [-0.05, 0) is 77.1 Å². The van der Waals surface area contributed by atoms with Crippen LogP contribution in [0.4, 0.5) is 15.8 Å². The Bertz CT molecular complexity index is 1530. The molecule has 1 aliphatic rings. The first-order valence-corrected chi connectivity index (χ1v) is 14.3. The fourth-order valence-electron chi connectivity index (χ4n) is 4.66. The number of nitrogens with one attached hydrogen (secondary N) is 1. The van der Waals surface area contributed by atoms with Gasteiger partial charge in [-0.15, -0.1) is 0 Å². The van der Waals surface area contributed by atoms with E-state index in [-0.39, 0.29) is 17.5 Å². The van der Waals surface area contributed by atoms with Crippen molar-refractivity contribution < 1.29 is 14.2 Å². The van der Waals surface area contributed by atoms with Crippen molar-refractivity contribution in [2.75, 3.05) is 38.7 Å². The first-order valence-electron chi connectivity index (χ1n) is 13.9. The molecule has 3 aromatic rings. The third-order valence-electron chi connectivity index (χ3n) is 6.62. The molecule has 11 heteroatoms. The first kappa shape index (κ1) is 31.7. The van der Waals surface area contributed by atoms with Gasteiger partial charge < -0.3 is 20.1 Å². The Morgan fingerprint density at radius 2 is 1.91 bits per heavy atom. The number of hydrogen-bond acceptors (Lipinski definition) is 6. The van der Waals surface area contributed by atoms with Gasteiger partial charge in [-0.1, -0.05) is 50.2 Å². The van der Waals surface area contributed by atoms with Crippen molar-refractivity contribution >= 4 is 41.0 Å². The van der Waals surface area contributed by atoms with E-state index in [1.165, 1.54) is 7.05 Å². The zero-order valence-electron chi connectivity index (χ0n) is 24.6. The van der Waals surface area contributed by atoms with E-state index in [9.17, 15) is 9.50 Å². The molecule has 0 saturated carbocycles. The molecule has 1 saturated heterocycles. The Kier molecular flexibility index (Phi) is 10.9. The van der Waals surface area contributed by atoms with Crippen LogP contribution in [0, 0.1) is 5.92 Å². The van der Waals surface area contributed by atoms with E-state index in [4.69, 9.17) is 22.2 Å². The maximum absolute atomic E-state index is 14.3. The van der Waals surface area contributed by atoms with Crippen LogP contribution in [0.1, 0.15) is 25.0 Å². The predicted octanol–water partition coefficient (Wildman–Crippen LogP) is 6.36. The number of halogens is 2. The summed E-state index contributed by atoms with van der Waals surface area (Å²) in [6, 6.07) is 18.7. The van der Waals surface area contributed by atoms with Gasteiger partial charge >= 0.3 is 0 Å². The van der Waals surface area contributed by atoms with Crippen LogP contribution in [0.15, 0.2) is 88.2 Å². The summed E-state index contributed by atoms with van der Waals surface area (Å²) in [4.78, 5) is 10.2. The number of aromatic hydroxyl groups is 1. The highest BCUT2D eigenvalue weighted by molar-refractivity contribution is 6.31. The molecule has 0 unspecified atom stereocenters. The Hall–Kier alpha value is -4.25. The number of nitrogens with zero attached hydrogens (tertiary/aromatic N) is 5. The molecule has 226 valence electrons. The van der Waals surface area contributed by atoms with Crippen LogP contribution < -0.4 is 11.2 Å². The Morgan fingerprint density at radius 1 is 1.14 bits per heavy atom. The number of nitrogens with two attached hydrogens (primary N) is 1. The number of morpholine rings is 1. The van der Waals surface area contributed by atoms with E-state index in [0.29, 0.717) is 37.2 Å². The van der Waals surface area contributed by atoms with Crippen LogP contribution >= 0.6 is 11.6 Å². The van der Waals surface area contributed by atoms with Crippen molar-refractivity contribution in [3.05, 3.63) is 89.2 Å². The van der Waals surface area contributed by atoms with Crippen LogP contribution in [0.3, 0.4) is 0 Å². The number of hydrazine groups is 1. The zero-order valence-corrected chi connectivity index (χ0v) is 25.4. The molecule has 43 heavy (non-hydrogen) atoms. The van der Waals surface area contributed by atoms with Gasteiger partial charge in [0.15, 0.2) is 11.7 Å². The van der Waals surface area contributed by atoms with Crippen molar-refractivity contribution in [2.45, 2.75) is 20.3 Å². The van der Waals surface area contributed by atoms with E-state index in [2.05, 4.69) is 46.9 Å². The quantitative estimate of drug-likeness (QED) is 0.119. The molecular formula is C32H37ClFN7O2. The lowest BCUT2D eigenvalue weighted by atomic mass is 9.97. The van der Waals surface area contributed by atoms with Crippen molar-refractivity contribution in [1.29, 1.82) is 0 Å². The highest BCUT2D eigenvalue weighted by atomic mass is 35.5. The lowest BCUT2D eigenvalue weighted by Gasteiger charge is -2.29. The van der Waals surface area contributed by atoms with Crippen LogP contribution in [0.2, 0.25) is 5.02 Å². The van der Waals surface area contributed by atoms with Gasteiger partial charge in [0.05, 0.1) is 19.4 Å². The zero-order chi connectivity index (χ0) is 30.9. The molecule has 0 aromatic heterocycles. The highest BCUT2D eigenvalue weighted by Gasteiger charge is 2.20. The average Bonchev–Trinajstić information content (AvgIpc) is 2.97. The van der Waals surface area contributed by atoms with Crippen LogP contribution in [-0.4, -0.2) is 66.5 Å². The number of phenols is 1. The Morgan fingerprint density at radius 3 is 2.58 bits per heavy atom. The number of amidine groups is 1. The number of hydrazone groups is 1. The van der Waals surface area contributed by atoms with Gasteiger partial charge in [0.1, 0.15) is 5.75 Å². The second-order valence-electron chi connectivity index (χ2n) is 10.5. The molecule has 3 aromatic carbocycles. The summed E-state index contributed by atoms with van der Waals surface area (Å²) < 4.78 is 19.6. The Labute approximate surface area is 256 Å². The third-order valence-corrected chi connectivity index (χ3v) is 6.84. The molecule has 4 N–H and O–H groups in total. The van der Waals surface area contributed by atoms with Crippen LogP contribution in [-0.2, 0) is 11.2 Å². The fraction of sp³-hybridized carbons (Fsp3) is 0.281. The molecule has 0 radical (unpaired) electrons.